The zero-order valence-corrected chi connectivity index (χ0v) is 12.8. The predicted molar refractivity (Wildman–Crippen MR) is 90.4 cm³/mol. The van der Waals surface area contributed by atoms with E-state index in [1.807, 2.05) is 18.2 Å². The molecular formula is C17H17N5O. The molecule has 0 saturated carbocycles. The van der Waals surface area contributed by atoms with Gasteiger partial charge in [0, 0.05) is 35.3 Å². The normalized spacial score (nSPS) is 11.9. The van der Waals surface area contributed by atoms with Crippen LogP contribution in [0.15, 0.2) is 70.8 Å². The van der Waals surface area contributed by atoms with E-state index in [9.17, 15) is 4.79 Å². The standard InChI is InChI=1S/C17H17N5O/c1-13(16(23)15-6-4-3-5-7-15)8-21-17(18-2)22-11-14-9-19-12-20-10-14/h3-10,12H,2,11H2,1H3,(H,21,22)/b13-8+. The number of nitrogens with one attached hydrogen (secondary N) is 1. The second-order valence-corrected chi connectivity index (χ2v) is 4.71. The number of benzene rings is 1. The number of rotatable bonds is 5. The van der Waals surface area contributed by atoms with Crippen molar-refractivity contribution in [3.05, 3.63) is 72.0 Å². The molecule has 0 aliphatic heterocycles. The van der Waals surface area contributed by atoms with Gasteiger partial charge in [-0.05, 0) is 13.6 Å². The van der Waals surface area contributed by atoms with Crippen LogP contribution in [0.4, 0.5) is 0 Å². The Labute approximate surface area is 134 Å². The van der Waals surface area contributed by atoms with Crippen LogP contribution in [0, 0.1) is 0 Å². The van der Waals surface area contributed by atoms with Crippen molar-refractivity contribution in [1.29, 1.82) is 0 Å². The van der Waals surface area contributed by atoms with Crippen LogP contribution in [0.25, 0.3) is 0 Å². The minimum atomic E-state index is -0.0574. The first-order valence-electron chi connectivity index (χ1n) is 6.99. The third kappa shape index (κ3) is 4.96. The maximum Gasteiger partial charge on any atom is 0.221 e. The lowest BCUT2D eigenvalue weighted by molar-refractivity contribution is 0.103. The Morgan fingerprint density at radius 2 is 1.96 bits per heavy atom. The van der Waals surface area contributed by atoms with Crippen LogP contribution < -0.4 is 5.32 Å². The van der Waals surface area contributed by atoms with Crippen LogP contribution in [0.5, 0.6) is 0 Å². The summed E-state index contributed by atoms with van der Waals surface area (Å²) in [6, 6.07) is 9.07. The third-order valence-electron chi connectivity index (χ3n) is 2.99. The van der Waals surface area contributed by atoms with Gasteiger partial charge in [-0.2, -0.15) is 0 Å². The van der Waals surface area contributed by atoms with Gasteiger partial charge in [0.1, 0.15) is 6.33 Å². The summed E-state index contributed by atoms with van der Waals surface area (Å²) in [6.45, 7) is 5.57. The minimum Gasteiger partial charge on any atom is -0.331 e. The highest BCUT2D eigenvalue weighted by molar-refractivity contribution is 6.08. The lowest BCUT2D eigenvalue weighted by atomic mass is 10.1. The molecule has 1 aromatic heterocycles. The quantitative estimate of drug-likeness (QED) is 0.398. The van der Waals surface area contributed by atoms with Crippen LogP contribution in [0.1, 0.15) is 22.8 Å². The second-order valence-electron chi connectivity index (χ2n) is 4.71. The first-order chi connectivity index (χ1) is 11.2. The Morgan fingerprint density at radius 1 is 1.26 bits per heavy atom. The van der Waals surface area contributed by atoms with E-state index in [1.165, 1.54) is 6.33 Å². The lowest BCUT2D eigenvalue weighted by Gasteiger charge is -2.04. The predicted octanol–water partition coefficient (Wildman–Crippen LogP) is 2.41. The molecule has 6 nitrogen and oxygen atoms in total. The lowest BCUT2D eigenvalue weighted by Crippen LogP contribution is -2.17. The molecule has 0 fully saturated rings. The molecule has 0 aliphatic rings. The fourth-order valence-corrected chi connectivity index (χ4v) is 1.77. The highest BCUT2D eigenvalue weighted by atomic mass is 16.1. The van der Waals surface area contributed by atoms with Crippen LogP contribution in [-0.4, -0.2) is 28.4 Å². The zero-order valence-electron chi connectivity index (χ0n) is 12.8. The number of hydrogen-bond donors (Lipinski definition) is 1. The Balaban J connectivity index is 2.01. The number of nitrogens with zero attached hydrogens (tertiary/aromatic N) is 4. The van der Waals surface area contributed by atoms with Gasteiger partial charge in [0.2, 0.25) is 5.96 Å². The number of guanidine groups is 1. The van der Waals surface area contributed by atoms with Crippen molar-refractivity contribution in [3.8, 4) is 0 Å². The number of aromatic nitrogens is 2. The summed E-state index contributed by atoms with van der Waals surface area (Å²) in [5.74, 6) is 0.270. The average Bonchev–Trinajstić information content (AvgIpc) is 2.62. The average molecular weight is 307 g/mol. The molecule has 0 spiro atoms. The van der Waals surface area contributed by atoms with Gasteiger partial charge in [-0.15, -0.1) is 0 Å². The van der Waals surface area contributed by atoms with Gasteiger partial charge >= 0.3 is 0 Å². The number of carbonyl (C=O) groups is 1. The van der Waals surface area contributed by atoms with Crippen LogP contribution in [-0.2, 0) is 6.54 Å². The van der Waals surface area contributed by atoms with E-state index in [-0.39, 0.29) is 5.78 Å². The number of Topliss-reactive ketones (excluding diaryl/α,β-unsaturated/α-hetero) is 1. The summed E-state index contributed by atoms with van der Waals surface area (Å²) in [7, 11) is 0. The fraction of sp³-hybridized carbons (Fsp3) is 0.118. The van der Waals surface area contributed by atoms with E-state index in [2.05, 4.69) is 32.0 Å². The third-order valence-corrected chi connectivity index (χ3v) is 2.99. The molecule has 23 heavy (non-hydrogen) atoms. The van der Waals surface area contributed by atoms with Crippen molar-refractivity contribution < 1.29 is 4.79 Å². The molecule has 0 aliphatic carbocycles. The van der Waals surface area contributed by atoms with Gasteiger partial charge in [0.15, 0.2) is 5.78 Å². The van der Waals surface area contributed by atoms with E-state index in [0.717, 1.165) is 5.56 Å². The molecule has 0 saturated heterocycles. The van der Waals surface area contributed by atoms with Gasteiger partial charge in [-0.1, -0.05) is 30.3 Å². The van der Waals surface area contributed by atoms with Crippen molar-refractivity contribution in [1.82, 2.24) is 15.3 Å². The molecule has 0 radical (unpaired) electrons. The van der Waals surface area contributed by atoms with E-state index in [4.69, 9.17) is 0 Å². The molecule has 0 bridgehead atoms. The molecule has 2 rings (SSSR count). The molecule has 1 N–H and O–H groups in total. The number of aliphatic imine (C=N–C) groups is 2. The van der Waals surface area contributed by atoms with Gasteiger partial charge in [0.05, 0.1) is 6.54 Å². The maximum absolute atomic E-state index is 12.2. The summed E-state index contributed by atoms with van der Waals surface area (Å²) >= 11 is 0. The Bertz CT molecular complexity index is 723. The molecule has 0 unspecified atom stereocenters. The van der Waals surface area contributed by atoms with E-state index >= 15 is 0 Å². The first kappa shape index (κ1) is 16.2. The number of ketones is 1. The molecule has 6 heteroatoms. The summed E-state index contributed by atoms with van der Waals surface area (Å²) in [5, 5.41) is 2.89. The Hall–Kier alpha value is -3.15. The number of allylic oxidation sites excluding steroid dienone is 1. The van der Waals surface area contributed by atoms with Crippen molar-refractivity contribution in [2.24, 2.45) is 9.98 Å². The number of carbonyl (C=O) groups excluding carboxylic acids is 1. The van der Waals surface area contributed by atoms with Crippen LogP contribution >= 0.6 is 0 Å². The molecule has 0 amide bonds. The summed E-state index contributed by atoms with van der Waals surface area (Å²) < 4.78 is 0. The topological polar surface area (TPSA) is 79.6 Å². The molecule has 2 aromatic rings. The van der Waals surface area contributed by atoms with Gasteiger partial charge in [0.25, 0.3) is 0 Å². The molecular weight excluding hydrogens is 290 g/mol. The second kappa shape index (κ2) is 8.33. The first-order valence-corrected chi connectivity index (χ1v) is 6.99. The Kier molecular flexibility index (Phi) is 5.88. The zero-order chi connectivity index (χ0) is 16.5. The van der Waals surface area contributed by atoms with E-state index < -0.39 is 0 Å². The largest absolute Gasteiger partial charge is 0.331 e. The van der Waals surface area contributed by atoms with Crippen molar-refractivity contribution in [2.45, 2.75) is 13.5 Å². The minimum absolute atomic E-state index is 0.0574. The summed E-state index contributed by atoms with van der Waals surface area (Å²) in [4.78, 5) is 28.1. The van der Waals surface area contributed by atoms with Crippen molar-refractivity contribution in [3.63, 3.8) is 0 Å². The monoisotopic (exact) mass is 307 g/mol. The summed E-state index contributed by atoms with van der Waals surface area (Å²) in [5.41, 5.74) is 2.04. The summed E-state index contributed by atoms with van der Waals surface area (Å²) in [6.07, 6.45) is 6.39. The fourth-order valence-electron chi connectivity index (χ4n) is 1.77. The molecule has 1 aromatic carbocycles. The molecule has 1 heterocycles. The molecule has 0 atom stereocenters. The van der Waals surface area contributed by atoms with Crippen molar-refractivity contribution in [2.75, 3.05) is 0 Å². The number of hydrogen-bond acceptors (Lipinski definition) is 4. The van der Waals surface area contributed by atoms with E-state index in [1.54, 1.807) is 37.7 Å². The maximum atomic E-state index is 12.2. The molecule has 116 valence electrons. The van der Waals surface area contributed by atoms with Crippen LogP contribution in [0.3, 0.4) is 0 Å². The highest BCUT2D eigenvalue weighted by Crippen LogP contribution is 2.06. The highest BCUT2D eigenvalue weighted by Gasteiger charge is 2.07. The Morgan fingerprint density at radius 3 is 2.61 bits per heavy atom. The van der Waals surface area contributed by atoms with Gasteiger partial charge in [-0.3, -0.25) is 4.79 Å². The van der Waals surface area contributed by atoms with Crippen LogP contribution in [0.2, 0.25) is 0 Å². The smallest absolute Gasteiger partial charge is 0.221 e. The SMILES string of the molecule is C=NC(=NCc1cncnc1)N/C=C(\C)C(=O)c1ccccc1. The van der Waals surface area contributed by atoms with E-state index in [0.29, 0.717) is 23.6 Å². The van der Waals surface area contributed by atoms with Gasteiger partial charge in [-0.25, -0.2) is 20.0 Å². The van der Waals surface area contributed by atoms with Crippen molar-refractivity contribution >= 4 is 18.5 Å². The van der Waals surface area contributed by atoms with Gasteiger partial charge < -0.3 is 5.32 Å².